The first-order chi connectivity index (χ1) is 14.6. The quantitative estimate of drug-likeness (QED) is 0.539. The Kier molecular flexibility index (Phi) is 6.28. The fraction of sp³-hybridized carbons (Fsp3) is 0.846. The predicted molar refractivity (Wildman–Crippen MR) is 120 cm³/mol. The number of aliphatic hydroxyl groups is 1. The fourth-order valence-corrected chi connectivity index (χ4v) is 8.44. The summed E-state index contributed by atoms with van der Waals surface area (Å²) in [5, 5.41) is 21.4. The van der Waals surface area contributed by atoms with Crippen LogP contribution in [0.4, 0.5) is 0 Å². The molecule has 0 aromatic rings. The maximum Gasteiger partial charge on any atom is 0.322 e. The lowest BCUT2D eigenvalue weighted by Gasteiger charge is -2.58. The number of amides is 1. The molecule has 0 spiro atoms. The second-order valence-corrected chi connectivity index (χ2v) is 11.6. The number of allylic oxidation sites excluding steroid dienone is 1. The van der Waals surface area contributed by atoms with Crippen LogP contribution in [0.5, 0.6) is 0 Å². The third kappa shape index (κ3) is 4.07. The molecule has 0 radical (unpaired) electrons. The minimum Gasteiger partial charge on any atom is -0.480 e. The number of carbonyl (C=O) groups excluding carboxylic acids is 1. The summed E-state index contributed by atoms with van der Waals surface area (Å²) in [6, 6.07) is 0. The third-order valence-electron chi connectivity index (χ3n) is 10.1. The smallest absolute Gasteiger partial charge is 0.322 e. The van der Waals surface area contributed by atoms with Crippen molar-refractivity contribution >= 4 is 11.9 Å². The van der Waals surface area contributed by atoms with Crippen LogP contribution in [0, 0.1) is 40.4 Å². The van der Waals surface area contributed by atoms with E-state index in [1.807, 2.05) is 0 Å². The predicted octanol–water partition coefficient (Wildman–Crippen LogP) is 4.54. The summed E-state index contributed by atoms with van der Waals surface area (Å²) < 4.78 is 0. The number of carboxylic acid groups (broad SMARTS) is 1. The van der Waals surface area contributed by atoms with E-state index < -0.39 is 5.97 Å². The minimum atomic E-state index is -0.991. The summed E-state index contributed by atoms with van der Waals surface area (Å²) in [5.74, 6) is 2.29. The zero-order valence-corrected chi connectivity index (χ0v) is 19.5. The van der Waals surface area contributed by atoms with Crippen LogP contribution < -0.4 is 5.32 Å². The van der Waals surface area contributed by atoms with Crippen LogP contribution in [-0.4, -0.2) is 34.7 Å². The number of fused-ring (bicyclic) bond motifs is 5. The van der Waals surface area contributed by atoms with E-state index in [0.29, 0.717) is 23.7 Å². The molecule has 174 valence electrons. The molecular formula is C26H41NO4. The van der Waals surface area contributed by atoms with Crippen molar-refractivity contribution in [2.45, 2.75) is 91.1 Å². The van der Waals surface area contributed by atoms with E-state index in [1.54, 1.807) is 0 Å². The highest BCUT2D eigenvalue weighted by Crippen LogP contribution is 2.67. The zero-order valence-electron chi connectivity index (χ0n) is 19.5. The second-order valence-electron chi connectivity index (χ2n) is 11.6. The number of hydrogen-bond acceptors (Lipinski definition) is 3. The van der Waals surface area contributed by atoms with E-state index in [1.165, 1.54) is 37.7 Å². The van der Waals surface area contributed by atoms with Gasteiger partial charge in [-0.3, -0.25) is 9.59 Å². The molecule has 0 saturated heterocycles. The monoisotopic (exact) mass is 431 g/mol. The molecule has 3 N–H and O–H groups in total. The van der Waals surface area contributed by atoms with Crippen LogP contribution in [0.15, 0.2) is 11.6 Å². The van der Waals surface area contributed by atoms with Crippen molar-refractivity contribution in [1.29, 1.82) is 0 Å². The van der Waals surface area contributed by atoms with Gasteiger partial charge in [0.15, 0.2) is 0 Å². The van der Waals surface area contributed by atoms with Gasteiger partial charge in [0.05, 0.1) is 6.10 Å². The summed E-state index contributed by atoms with van der Waals surface area (Å²) in [4.78, 5) is 22.7. The molecule has 4 aliphatic carbocycles. The summed E-state index contributed by atoms with van der Waals surface area (Å²) in [6.45, 7) is 7.02. The molecular weight excluding hydrogens is 390 g/mol. The summed E-state index contributed by atoms with van der Waals surface area (Å²) >= 11 is 0. The Morgan fingerprint density at radius 3 is 2.68 bits per heavy atom. The van der Waals surface area contributed by atoms with Crippen LogP contribution in [0.1, 0.15) is 85.0 Å². The van der Waals surface area contributed by atoms with Gasteiger partial charge in [-0.1, -0.05) is 32.4 Å². The number of hydrogen-bond donors (Lipinski definition) is 3. The zero-order chi connectivity index (χ0) is 22.4. The Morgan fingerprint density at radius 2 is 1.94 bits per heavy atom. The van der Waals surface area contributed by atoms with Crippen molar-refractivity contribution < 1.29 is 19.8 Å². The molecule has 0 heterocycles. The number of carbonyl (C=O) groups is 2. The standard InChI is InChI=1S/C26H41NO4/c1-16(4-9-23(29)27-15-24(30)31)20-7-8-21-19-6-5-17-14-18(28)10-12-25(17,2)22(19)11-13-26(20,21)3/h5,16,18-22,28H,4,6-15H2,1-3H3,(H,27,29)(H,30,31). The van der Waals surface area contributed by atoms with Crippen molar-refractivity contribution in [3.63, 3.8) is 0 Å². The molecule has 4 aliphatic rings. The number of aliphatic hydroxyl groups excluding tert-OH is 1. The first-order valence-electron chi connectivity index (χ1n) is 12.5. The van der Waals surface area contributed by atoms with Gasteiger partial charge in [0.1, 0.15) is 6.54 Å². The lowest BCUT2D eigenvalue weighted by atomic mass is 9.47. The number of aliphatic carboxylic acids is 1. The highest BCUT2D eigenvalue weighted by Gasteiger charge is 2.59. The molecule has 3 fully saturated rings. The van der Waals surface area contributed by atoms with Crippen LogP contribution >= 0.6 is 0 Å². The molecule has 4 rings (SSSR count). The van der Waals surface area contributed by atoms with E-state index >= 15 is 0 Å². The maximum absolute atomic E-state index is 12.0. The van der Waals surface area contributed by atoms with E-state index in [4.69, 9.17) is 5.11 Å². The number of nitrogens with one attached hydrogen (secondary N) is 1. The topological polar surface area (TPSA) is 86.6 Å². The number of rotatable bonds is 6. The van der Waals surface area contributed by atoms with Crippen molar-refractivity contribution in [1.82, 2.24) is 5.32 Å². The Labute approximate surface area is 187 Å². The van der Waals surface area contributed by atoms with Crippen molar-refractivity contribution in [3.8, 4) is 0 Å². The van der Waals surface area contributed by atoms with Gasteiger partial charge in [-0.15, -0.1) is 0 Å². The molecule has 1 amide bonds. The molecule has 5 nitrogen and oxygen atoms in total. The molecule has 31 heavy (non-hydrogen) atoms. The van der Waals surface area contributed by atoms with Gasteiger partial charge in [-0.2, -0.15) is 0 Å². The SMILES string of the molecule is CC(CCC(=O)NCC(=O)O)C1CCC2C3CC=C4CC(O)CCC4(C)C3CCC12C. The fourth-order valence-electron chi connectivity index (χ4n) is 8.44. The molecule has 5 heteroatoms. The highest BCUT2D eigenvalue weighted by molar-refractivity contribution is 5.81. The van der Waals surface area contributed by atoms with Gasteiger partial charge in [0.2, 0.25) is 5.91 Å². The third-order valence-corrected chi connectivity index (χ3v) is 10.1. The van der Waals surface area contributed by atoms with Crippen molar-refractivity contribution in [3.05, 3.63) is 11.6 Å². The largest absolute Gasteiger partial charge is 0.480 e. The van der Waals surface area contributed by atoms with Gasteiger partial charge in [-0.05, 0) is 98.2 Å². The normalized spacial score (nSPS) is 42.6. The summed E-state index contributed by atoms with van der Waals surface area (Å²) in [6.07, 6.45) is 12.9. The second kappa shape index (κ2) is 8.53. The molecule has 8 unspecified atom stereocenters. The van der Waals surface area contributed by atoms with Crippen molar-refractivity contribution in [2.24, 2.45) is 40.4 Å². The average molecular weight is 432 g/mol. The molecule has 0 aliphatic heterocycles. The molecule has 8 atom stereocenters. The molecule has 0 aromatic heterocycles. The lowest BCUT2D eigenvalue weighted by molar-refractivity contribution is -0.138. The Hall–Kier alpha value is -1.36. The first-order valence-corrected chi connectivity index (χ1v) is 12.5. The van der Waals surface area contributed by atoms with Crippen LogP contribution in [-0.2, 0) is 9.59 Å². The Balaban J connectivity index is 1.42. The van der Waals surface area contributed by atoms with Gasteiger partial charge in [0, 0.05) is 6.42 Å². The maximum atomic E-state index is 12.0. The molecule has 0 aromatic carbocycles. The van der Waals surface area contributed by atoms with Crippen LogP contribution in [0.25, 0.3) is 0 Å². The van der Waals surface area contributed by atoms with Crippen LogP contribution in [0.2, 0.25) is 0 Å². The van der Waals surface area contributed by atoms with Gasteiger partial charge < -0.3 is 15.5 Å². The Morgan fingerprint density at radius 1 is 1.16 bits per heavy atom. The van der Waals surface area contributed by atoms with E-state index in [9.17, 15) is 14.7 Å². The van der Waals surface area contributed by atoms with Gasteiger partial charge in [0.25, 0.3) is 0 Å². The first kappa shape index (κ1) is 22.8. The summed E-state index contributed by atoms with van der Waals surface area (Å²) in [7, 11) is 0. The van der Waals surface area contributed by atoms with E-state index in [-0.39, 0.29) is 24.0 Å². The van der Waals surface area contributed by atoms with Crippen molar-refractivity contribution in [2.75, 3.05) is 6.54 Å². The summed E-state index contributed by atoms with van der Waals surface area (Å²) in [5.41, 5.74) is 2.18. The molecule has 0 bridgehead atoms. The van der Waals surface area contributed by atoms with Gasteiger partial charge >= 0.3 is 5.97 Å². The average Bonchev–Trinajstić information content (AvgIpc) is 3.08. The lowest BCUT2D eigenvalue weighted by Crippen LogP contribution is -2.50. The highest BCUT2D eigenvalue weighted by atomic mass is 16.4. The van der Waals surface area contributed by atoms with Crippen LogP contribution in [0.3, 0.4) is 0 Å². The van der Waals surface area contributed by atoms with E-state index in [2.05, 4.69) is 32.2 Å². The minimum absolute atomic E-state index is 0.144. The molecule has 3 saturated carbocycles. The van der Waals surface area contributed by atoms with E-state index in [0.717, 1.165) is 43.4 Å². The van der Waals surface area contributed by atoms with Gasteiger partial charge in [-0.25, -0.2) is 0 Å². The number of carboxylic acids is 1. The Bertz CT molecular complexity index is 748.